The van der Waals surface area contributed by atoms with E-state index in [-0.39, 0.29) is 12.5 Å². The molecule has 0 heterocycles. The van der Waals surface area contributed by atoms with Crippen LogP contribution in [0.3, 0.4) is 0 Å². The second kappa shape index (κ2) is 8.12. The molecule has 1 rings (SSSR count). The summed E-state index contributed by atoms with van der Waals surface area (Å²) < 4.78 is 0. The molecule has 1 aromatic carbocycles. The van der Waals surface area contributed by atoms with Crippen LogP contribution in [0.15, 0.2) is 18.2 Å². The van der Waals surface area contributed by atoms with Gasteiger partial charge in [-0.1, -0.05) is 38.4 Å². The fourth-order valence-electron chi connectivity index (χ4n) is 2.06. The number of nitrogens with zero attached hydrogens (tertiary/aromatic N) is 1. The van der Waals surface area contributed by atoms with Crippen molar-refractivity contribution in [3.05, 3.63) is 28.8 Å². The zero-order chi connectivity index (χ0) is 15.1. The van der Waals surface area contributed by atoms with Gasteiger partial charge in [-0.25, -0.2) is 0 Å². The molecule has 4 nitrogen and oxygen atoms in total. The van der Waals surface area contributed by atoms with Crippen LogP contribution in [0.4, 0.5) is 5.69 Å². The summed E-state index contributed by atoms with van der Waals surface area (Å²) in [6.45, 7) is 8.90. The van der Waals surface area contributed by atoms with Crippen LogP contribution in [0.5, 0.6) is 0 Å². The van der Waals surface area contributed by atoms with Crippen molar-refractivity contribution in [3.63, 3.8) is 0 Å². The third-order valence-corrected chi connectivity index (χ3v) is 3.17. The lowest BCUT2D eigenvalue weighted by Crippen LogP contribution is -2.36. The number of nitrogens with two attached hydrogens (primary N) is 1. The molecule has 0 saturated heterocycles. The number of benzene rings is 1. The first-order valence-corrected chi connectivity index (χ1v) is 7.34. The first kappa shape index (κ1) is 16.8. The van der Waals surface area contributed by atoms with E-state index in [2.05, 4.69) is 26.1 Å². The number of carbonyl (C=O) groups excluding carboxylic acids is 1. The van der Waals surface area contributed by atoms with E-state index in [1.165, 1.54) is 0 Å². The Balaban J connectivity index is 2.92. The van der Waals surface area contributed by atoms with Gasteiger partial charge in [-0.2, -0.15) is 0 Å². The number of hydrogen-bond donors (Lipinski definition) is 2. The topological polar surface area (TPSA) is 58.4 Å². The third kappa shape index (κ3) is 5.39. The minimum atomic E-state index is -0.349. The standard InChI is InChI=1S/C15H24ClN3O/c1-4-18-8-12-5-6-14(13(16)7-12)19(9-11(2)3)10-15(17)20/h5-7,11,18H,4,8-10H2,1-3H3,(H2,17,20). The van der Waals surface area contributed by atoms with Crippen molar-refractivity contribution < 1.29 is 4.79 Å². The van der Waals surface area contributed by atoms with E-state index < -0.39 is 0 Å². The van der Waals surface area contributed by atoms with E-state index in [1.807, 2.05) is 23.1 Å². The Morgan fingerprint density at radius 3 is 2.65 bits per heavy atom. The Hall–Kier alpha value is -1.26. The van der Waals surface area contributed by atoms with Crippen molar-refractivity contribution in [2.45, 2.75) is 27.3 Å². The van der Waals surface area contributed by atoms with Crippen molar-refractivity contribution in [1.82, 2.24) is 5.32 Å². The van der Waals surface area contributed by atoms with E-state index in [9.17, 15) is 4.79 Å². The molecular formula is C15H24ClN3O. The Morgan fingerprint density at radius 2 is 2.15 bits per heavy atom. The van der Waals surface area contributed by atoms with Gasteiger partial charge in [-0.15, -0.1) is 0 Å². The number of nitrogens with one attached hydrogen (secondary N) is 1. The predicted molar refractivity (Wildman–Crippen MR) is 85.1 cm³/mol. The van der Waals surface area contributed by atoms with E-state index in [4.69, 9.17) is 17.3 Å². The van der Waals surface area contributed by atoms with Crippen molar-refractivity contribution >= 4 is 23.2 Å². The van der Waals surface area contributed by atoms with Gasteiger partial charge in [0.2, 0.25) is 5.91 Å². The number of hydrogen-bond acceptors (Lipinski definition) is 3. The highest BCUT2D eigenvalue weighted by Gasteiger charge is 2.14. The van der Waals surface area contributed by atoms with Crippen LogP contribution in [0.2, 0.25) is 5.02 Å². The van der Waals surface area contributed by atoms with Gasteiger partial charge < -0.3 is 16.0 Å². The molecule has 0 aliphatic heterocycles. The normalized spacial score (nSPS) is 10.8. The average Bonchev–Trinajstić information content (AvgIpc) is 2.34. The first-order valence-electron chi connectivity index (χ1n) is 6.96. The molecule has 0 saturated carbocycles. The number of amides is 1. The number of halogens is 1. The van der Waals surface area contributed by atoms with Crippen LogP contribution in [-0.2, 0) is 11.3 Å². The molecule has 0 radical (unpaired) electrons. The average molecular weight is 298 g/mol. The monoisotopic (exact) mass is 297 g/mol. The summed E-state index contributed by atoms with van der Waals surface area (Å²) >= 11 is 6.35. The van der Waals surface area contributed by atoms with Crippen LogP contribution in [-0.4, -0.2) is 25.5 Å². The van der Waals surface area contributed by atoms with Gasteiger partial charge in [-0.3, -0.25) is 4.79 Å². The summed E-state index contributed by atoms with van der Waals surface area (Å²) in [7, 11) is 0. The Bertz CT molecular complexity index is 449. The molecule has 0 aliphatic carbocycles. The number of anilines is 1. The molecule has 1 aromatic rings. The molecule has 0 aromatic heterocycles. The van der Waals surface area contributed by atoms with E-state index in [0.717, 1.165) is 30.9 Å². The van der Waals surface area contributed by atoms with Gasteiger partial charge in [0, 0.05) is 13.1 Å². The minimum absolute atomic E-state index is 0.185. The maximum Gasteiger partial charge on any atom is 0.236 e. The summed E-state index contributed by atoms with van der Waals surface area (Å²) in [5, 5.41) is 3.91. The molecular weight excluding hydrogens is 274 g/mol. The lowest BCUT2D eigenvalue weighted by molar-refractivity contribution is -0.116. The maximum absolute atomic E-state index is 11.2. The van der Waals surface area contributed by atoms with E-state index in [0.29, 0.717) is 10.9 Å². The highest BCUT2D eigenvalue weighted by atomic mass is 35.5. The quantitative estimate of drug-likeness (QED) is 0.774. The largest absolute Gasteiger partial charge is 0.368 e. The van der Waals surface area contributed by atoms with Crippen LogP contribution in [0.25, 0.3) is 0 Å². The molecule has 20 heavy (non-hydrogen) atoms. The lowest BCUT2D eigenvalue weighted by Gasteiger charge is -2.26. The highest BCUT2D eigenvalue weighted by Crippen LogP contribution is 2.27. The molecule has 0 unspecified atom stereocenters. The van der Waals surface area contributed by atoms with Crippen molar-refractivity contribution in [2.24, 2.45) is 11.7 Å². The maximum atomic E-state index is 11.2. The highest BCUT2D eigenvalue weighted by molar-refractivity contribution is 6.33. The molecule has 1 amide bonds. The van der Waals surface area contributed by atoms with Gasteiger partial charge in [0.15, 0.2) is 0 Å². The van der Waals surface area contributed by atoms with Gasteiger partial charge in [-0.05, 0) is 30.2 Å². The Morgan fingerprint density at radius 1 is 1.45 bits per heavy atom. The Kier molecular flexibility index (Phi) is 6.82. The van der Waals surface area contributed by atoms with Gasteiger partial charge in [0.25, 0.3) is 0 Å². The lowest BCUT2D eigenvalue weighted by atomic mass is 10.1. The minimum Gasteiger partial charge on any atom is -0.368 e. The number of carbonyl (C=O) groups is 1. The fourth-order valence-corrected chi connectivity index (χ4v) is 2.39. The van der Waals surface area contributed by atoms with Crippen molar-refractivity contribution in [1.29, 1.82) is 0 Å². The van der Waals surface area contributed by atoms with Crippen LogP contribution in [0.1, 0.15) is 26.3 Å². The van der Waals surface area contributed by atoms with Crippen molar-refractivity contribution in [3.8, 4) is 0 Å². The molecule has 0 bridgehead atoms. The summed E-state index contributed by atoms with van der Waals surface area (Å²) in [6.07, 6.45) is 0. The summed E-state index contributed by atoms with van der Waals surface area (Å²) in [5.74, 6) is 0.0743. The predicted octanol–water partition coefficient (Wildman–Crippen LogP) is 2.40. The van der Waals surface area contributed by atoms with E-state index >= 15 is 0 Å². The Labute approximate surface area is 126 Å². The SMILES string of the molecule is CCNCc1ccc(N(CC(N)=O)CC(C)C)c(Cl)c1. The van der Waals surface area contributed by atoms with Gasteiger partial charge in [0.1, 0.15) is 0 Å². The zero-order valence-corrected chi connectivity index (χ0v) is 13.2. The molecule has 3 N–H and O–H groups in total. The summed E-state index contributed by atoms with van der Waals surface area (Å²) in [6, 6.07) is 5.92. The molecule has 5 heteroatoms. The molecule has 0 atom stereocenters. The van der Waals surface area contributed by atoms with Crippen molar-refractivity contribution in [2.75, 3.05) is 24.5 Å². The second-order valence-electron chi connectivity index (χ2n) is 5.31. The molecule has 0 fully saturated rings. The smallest absolute Gasteiger partial charge is 0.236 e. The first-order chi connectivity index (χ1) is 9.43. The van der Waals surface area contributed by atoms with Crippen LogP contribution < -0.4 is 16.0 Å². The van der Waals surface area contributed by atoms with Crippen LogP contribution >= 0.6 is 11.6 Å². The van der Waals surface area contributed by atoms with Gasteiger partial charge in [0.05, 0.1) is 17.3 Å². The zero-order valence-electron chi connectivity index (χ0n) is 12.4. The van der Waals surface area contributed by atoms with Crippen LogP contribution in [0, 0.1) is 5.92 Å². The summed E-state index contributed by atoms with van der Waals surface area (Å²) in [4.78, 5) is 13.1. The number of primary amides is 1. The van der Waals surface area contributed by atoms with Gasteiger partial charge >= 0.3 is 0 Å². The third-order valence-electron chi connectivity index (χ3n) is 2.86. The molecule has 112 valence electrons. The molecule has 0 aliphatic rings. The summed E-state index contributed by atoms with van der Waals surface area (Å²) in [5.41, 5.74) is 7.31. The fraction of sp³-hybridized carbons (Fsp3) is 0.533. The number of rotatable bonds is 8. The molecule has 0 spiro atoms. The second-order valence-corrected chi connectivity index (χ2v) is 5.71. The van der Waals surface area contributed by atoms with E-state index in [1.54, 1.807) is 0 Å².